The Balaban J connectivity index is 1.90. The van der Waals surface area contributed by atoms with E-state index in [-0.39, 0.29) is 11.8 Å². The SMILES string of the molecule is CC(NC1CCCCCC1)C(=O)c1ccccc1. The average Bonchev–Trinajstić information content (AvgIpc) is 2.67. The first kappa shape index (κ1) is 13.3. The molecule has 98 valence electrons. The Morgan fingerprint density at radius 1 is 1.11 bits per heavy atom. The molecule has 0 aliphatic heterocycles. The van der Waals surface area contributed by atoms with Crippen molar-refractivity contribution in [2.24, 2.45) is 0 Å². The quantitative estimate of drug-likeness (QED) is 0.649. The fraction of sp³-hybridized carbons (Fsp3) is 0.562. The number of benzene rings is 1. The van der Waals surface area contributed by atoms with Crippen molar-refractivity contribution >= 4 is 5.78 Å². The summed E-state index contributed by atoms with van der Waals surface area (Å²) in [4.78, 5) is 12.2. The van der Waals surface area contributed by atoms with Crippen molar-refractivity contribution in [3.05, 3.63) is 35.9 Å². The molecule has 1 aromatic carbocycles. The van der Waals surface area contributed by atoms with E-state index in [9.17, 15) is 4.79 Å². The van der Waals surface area contributed by atoms with Gasteiger partial charge in [0.2, 0.25) is 0 Å². The van der Waals surface area contributed by atoms with Crippen molar-refractivity contribution in [1.29, 1.82) is 0 Å². The summed E-state index contributed by atoms with van der Waals surface area (Å²) in [7, 11) is 0. The molecule has 1 fully saturated rings. The third kappa shape index (κ3) is 3.67. The van der Waals surface area contributed by atoms with Crippen LogP contribution in [0.5, 0.6) is 0 Å². The number of rotatable bonds is 4. The number of carbonyl (C=O) groups excluding carboxylic acids is 1. The van der Waals surface area contributed by atoms with E-state index >= 15 is 0 Å². The molecule has 1 aliphatic carbocycles. The molecular weight excluding hydrogens is 222 g/mol. The van der Waals surface area contributed by atoms with Crippen LogP contribution in [0.1, 0.15) is 55.8 Å². The summed E-state index contributed by atoms with van der Waals surface area (Å²) in [6, 6.07) is 10.0. The first-order valence-corrected chi connectivity index (χ1v) is 7.12. The van der Waals surface area contributed by atoms with E-state index in [0.29, 0.717) is 6.04 Å². The van der Waals surface area contributed by atoms with Gasteiger partial charge in [-0.3, -0.25) is 4.79 Å². The lowest BCUT2D eigenvalue weighted by atomic mass is 10.0. The largest absolute Gasteiger partial charge is 0.305 e. The Morgan fingerprint density at radius 2 is 1.72 bits per heavy atom. The second kappa shape index (κ2) is 6.69. The molecule has 18 heavy (non-hydrogen) atoms. The van der Waals surface area contributed by atoms with Crippen molar-refractivity contribution < 1.29 is 4.79 Å². The topological polar surface area (TPSA) is 29.1 Å². The molecule has 1 atom stereocenters. The first-order valence-electron chi connectivity index (χ1n) is 7.12. The monoisotopic (exact) mass is 245 g/mol. The summed E-state index contributed by atoms with van der Waals surface area (Å²) in [5.41, 5.74) is 0.811. The van der Waals surface area contributed by atoms with E-state index in [1.807, 2.05) is 37.3 Å². The summed E-state index contributed by atoms with van der Waals surface area (Å²) < 4.78 is 0. The summed E-state index contributed by atoms with van der Waals surface area (Å²) in [5.74, 6) is 0.208. The normalized spacial score (nSPS) is 19.2. The van der Waals surface area contributed by atoms with Crippen molar-refractivity contribution in [2.75, 3.05) is 0 Å². The van der Waals surface area contributed by atoms with Crippen LogP contribution in [0.25, 0.3) is 0 Å². The van der Waals surface area contributed by atoms with Gasteiger partial charge in [-0.25, -0.2) is 0 Å². The second-order valence-corrected chi connectivity index (χ2v) is 5.31. The van der Waals surface area contributed by atoms with E-state index in [0.717, 1.165) is 5.56 Å². The molecule has 2 rings (SSSR count). The minimum Gasteiger partial charge on any atom is -0.305 e. The zero-order chi connectivity index (χ0) is 12.8. The minimum atomic E-state index is -0.0736. The smallest absolute Gasteiger partial charge is 0.179 e. The van der Waals surface area contributed by atoms with Crippen LogP contribution >= 0.6 is 0 Å². The molecule has 2 nitrogen and oxygen atoms in total. The van der Waals surface area contributed by atoms with Gasteiger partial charge >= 0.3 is 0 Å². The van der Waals surface area contributed by atoms with E-state index in [4.69, 9.17) is 0 Å². The molecule has 0 radical (unpaired) electrons. The fourth-order valence-electron chi connectivity index (χ4n) is 2.73. The van der Waals surface area contributed by atoms with Gasteiger partial charge in [0.1, 0.15) is 0 Å². The molecule has 0 heterocycles. The zero-order valence-corrected chi connectivity index (χ0v) is 11.2. The molecule has 1 unspecified atom stereocenters. The van der Waals surface area contributed by atoms with Crippen LogP contribution in [0.15, 0.2) is 30.3 Å². The summed E-state index contributed by atoms with van der Waals surface area (Å²) in [6.45, 7) is 1.99. The Morgan fingerprint density at radius 3 is 2.33 bits per heavy atom. The Kier molecular flexibility index (Phi) is 4.94. The van der Waals surface area contributed by atoms with Crippen LogP contribution in [0, 0.1) is 0 Å². The van der Waals surface area contributed by atoms with Gasteiger partial charge in [0.05, 0.1) is 6.04 Å². The maximum absolute atomic E-state index is 12.2. The molecule has 1 aromatic rings. The number of hydrogen-bond acceptors (Lipinski definition) is 2. The third-order valence-electron chi connectivity index (χ3n) is 3.79. The zero-order valence-electron chi connectivity index (χ0n) is 11.2. The van der Waals surface area contributed by atoms with E-state index < -0.39 is 0 Å². The van der Waals surface area contributed by atoms with Gasteiger partial charge in [0.15, 0.2) is 5.78 Å². The highest BCUT2D eigenvalue weighted by molar-refractivity contribution is 5.99. The predicted octanol–water partition coefficient (Wildman–Crippen LogP) is 3.57. The molecule has 0 aromatic heterocycles. The number of Topliss-reactive ketones (excluding diaryl/α,β-unsaturated/α-hetero) is 1. The first-order chi connectivity index (χ1) is 8.77. The van der Waals surface area contributed by atoms with Crippen molar-refractivity contribution in [3.8, 4) is 0 Å². The molecule has 0 bridgehead atoms. The van der Waals surface area contributed by atoms with Gasteiger partial charge in [0.25, 0.3) is 0 Å². The Labute approximate surface area is 110 Å². The Hall–Kier alpha value is -1.15. The number of hydrogen-bond donors (Lipinski definition) is 1. The summed E-state index contributed by atoms with van der Waals surface area (Å²) in [6.07, 6.45) is 7.71. The van der Waals surface area contributed by atoms with Gasteiger partial charge in [-0.05, 0) is 19.8 Å². The lowest BCUT2D eigenvalue weighted by molar-refractivity contribution is 0.0942. The van der Waals surface area contributed by atoms with Crippen molar-refractivity contribution in [2.45, 2.75) is 57.5 Å². The summed E-state index contributed by atoms with van der Waals surface area (Å²) in [5, 5.41) is 3.51. The number of nitrogens with one attached hydrogen (secondary N) is 1. The average molecular weight is 245 g/mol. The standard InChI is InChI=1S/C16H23NO/c1-13(16(18)14-9-5-4-6-10-14)17-15-11-7-2-3-8-12-15/h4-6,9-10,13,15,17H,2-3,7-8,11-12H2,1H3. The van der Waals surface area contributed by atoms with Crippen LogP contribution in [0.4, 0.5) is 0 Å². The lowest BCUT2D eigenvalue weighted by Gasteiger charge is -2.21. The van der Waals surface area contributed by atoms with Gasteiger partial charge in [-0.15, -0.1) is 0 Å². The molecule has 1 N–H and O–H groups in total. The molecule has 0 spiro atoms. The highest BCUT2D eigenvalue weighted by atomic mass is 16.1. The van der Waals surface area contributed by atoms with Gasteiger partial charge in [0, 0.05) is 11.6 Å². The third-order valence-corrected chi connectivity index (χ3v) is 3.79. The number of ketones is 1. The van der Waals surface area contributed by atoms with Crippen LogP contribution < -0.4 is 5.32 Å². The summed E-state index contributed by atoms with van der Waals surface area (Å²) >= 11 is 0. The van der Waals surface area contributed by atoms with Crippen LogP contribution in [0.2, 0.25) is 0 Å². The highest BCUT2D eigenvalue weighted by Gasteiger charge is 2.19. The van der Waals surface area contributed by atoms with Crippen molar-refractivity contribution in [3.63, 3.8) is 0 Å². The van der Waals surface area contributed by atoms with Crippen LogP contribution in [-0.2, 0) is 0 Å². The van der Waals surface area contributed by atoms with E-state index in [1.54, 1.807) is 0 Å². The maximum Gasteiger partial charge on any atom is 0.179 e. The fourth-order valence-corrected chi connectivity index (χ4v) is 2.73. The highest BCUT2D eigenvalue weighted by Crippen LogP contribution is 2.18. The van der Waals surface area contributed by atoms with Gasteiger partial charge < -0.3 is 5.32 Å². The van der Waals surface area contributed by atoms with E-state index in [2.05, 4.69) is 5.32 Å². The maximum atomic E-state index is 12.2. The van der Waals surface area contributed by atoms with Gasteiger partial charge in [-0.2, -0.15) is 0 Å². The molecule has 0 saturated heterocycles. The van der Waals surface area contributed by atoms with Gasteiger partial charge in [-0.1, -0.05) is 56.0 Å². The second-order valence-electron chi connectivity index (χ2n) is 5.31. The number of carbonyl (C=O) groups is 1. The molecule has 0 amide bonds. The van der Waals surface area contributed by atoms with E-state index in [1.165, 1.54) is 38.5 Å². The molecule has 1 aliphatic rings. The molecular formula is C16H23NO. The molecule has 1 saturated carbocycles. The molecule has 2 heteroatoms. The van der Waals surface area contributed by atoms with Crippen molar-refractivity contribution in [1.82, 2.24) is 5.32 Å². The predicted molar refractivity (Wildman–Crippen MR) is 74.9 cm³/mol. The lowest BCUT2D eigenvalue weighted by Crippen LogP contribution is -2.41. The van der Waals surface area contributed by atoms with Crippen LogP contribution in [0.3, 0.4) is 0 Å². The van der Waals surface area contributed by atoms with Crippen LogP contribution in [-0.4, -0.2) is 17.9 Å². The Bertz CT molecular complexity index is 366. The minimum absolute atomic E-state index is 0.0736.